The number of ether oxygens (including phenoxy) is 1. The fraction of sp³-hybridized carbons (Fsp3) is 0.115. The lowest BCUT2D eigenvalue weighted by Gasteiger charge is -2.26. The van der Waals surface area contributed by atoms with E-state index in [4.69, 9.17) is 4.74 Å². The van der Waals surface area contributed by atoms with E-state index in [0.29, 0.717) is 0 Å². The third kappa shape index (κ3) is 2.63. The maximum atomic E-state index is 7.18. The molecule has 13 aromatic carbocycles. The molecule has 0 saturated carbocycles. The van der Waals surface area contributed by atoms with Crippen LogP contribution in [-0.2, 0) is 17.6 Å². The van der Waals surface area contributed by atoms with Crippen molar-refractivity contribution < 1.29 is 4.74 Å². The molecular formula is C52H28O. The molecule has 0 saturated heterocycles. The third-order valence-corrected chi connectivity index (χ3v) is 14.8. The molecule has 1 nitrogen and oxygen atoms in total. The summed E-state index contributed by atoms with van der Waals surface area (Å²) in [4.78, 5) is 0. The van der Waals surface area contributed by atoms with Crippen LogP contribution < -0.4 is 0 Å². The second-order valence-corrected chi connectivity index (χ2v) is 16.7. The quantitative estimate of drug-likeness (QED) is 0.115. The molecule has 0 radical (unpaired) electrons. The molecule has 2 aliphatic heterocycles. The Morgan fingerprint density at radius 2 is 0.604 bits per heavy atom. The molecule has 2 bridgehead atoms. The van der Waals surface area contributed by atoms with Crippen LogP contribution in [0.5, 0.6) is 0 Å². The molecule has 1 heteroatoms. The molecule has 3 aliphatic rings. The van der Waals surface area contributed by atoms with E-state index in [-0.39, 0.29) is 12.2 Å². The Balaban J connectivity index is 0.915. The van der Waals surface area contributed by atoms with Crippen LogP contribution in [0.1, 0.15) is 47.3 Å². The number of benzene rings is 11. The van der Waals surface area contributed by atoms with Gasteiger partial charge >= 0.3 is 0 Å². The summed E-state index contributed by atoms with van der Waals surface area (Å²) in [7, 11) is 0. The van der Waals surface area contributed by atoms with Gasteiger partial charge in [-0.3, -0.25) is 0 Å². The van der Waals surface area contributed by atoms with Crippen molar-refractivity contribution in [3.8, 4) is 0 Å². The minimum absolute atomic E-state index is 0.0565. The van der Waals surface area contributed by atoms with Crippen molar-refractivity contribution in [2.75, 3.05) is 0 Å². The highest BCUT2D eigenvalue weighted by atomic mass is 16.5. The van der Waals surface area contributed by atoms with Crippen LogP contribution in [0, 0.1) is 0 Å². The second kappa shape index (κ2) is 8.13. The number of fused-ring (bicyclic) bond motifs is 13. The van der Waals surface area contributed by atoms with Crippen LogP contribution in [0.15, 0.2) is 120 Å². The average Bonchev–Trinajstić information content (AvgIpc) is 3.96. The van der Waals surface area contributed by atoms with Crippen LogP contribution in [0.4, 0.5) is 0 Å². The molecule has 0 amide bonds. The van der Waals surface area contributed by atoms with Gasteiger partial charge in [0.15, 0.2) is 0 Å². The molecule has 242 valence electrons. The highest BCUT2D eigenvalue weighted by Gasteiger charge is 2.47. The Morgan fingerprint density at radius 1 is 0.302 bits per heavy atom. The highest BCUT2D eigenvalue weighted by Crippen LogP contribution is 2.63. The molecule has 2 atom stereocenters. The predicted molar refractivity (Wildman–Crippen MR) is 223 cm³/mol. The van der Waals surface area contributed by atoms with Gasteiger partial charge in [-0.05, 0) is 178 Å². The largest absolute Gasteiger partial charge is 0.357 e. The lowest BCUT2D eigenvalue weighted by Crippen LogP contribution is -2.11. The number of aryl methyl sites for hydroxylation is 2. The fourth-order valence-electron chi connectivity index (χ4n) is 12.7. The summed E-state index contributed by atoms with van der Waals surface area (Å²) in [5, 5.41) is 31.3. The Labute approximate surface area is 302 Å². The number of hydrogen-bond donors (Lipinski definition) is 0. The molecular weight excluding hydrogens is 641 g/mol. The molecule has 2 unspecified atom stereocenters. The summed E-state index contributed by atoms with van der Waals surface area (Å²) < 4.78 is 7.18. The Hall–Kier alpha value is -6.02. The van der Waals surface area contributed by atoms with Gasteiger partial charge in [-0.2, -0.15) is 0 Å². The standard InChI is InChI=1S/C52H28O/c1-5-25-9-15-31-37-21-29-13-17-33-34(18-14-30(29)22-38(37)32-16-10-26-6-2-23(1)39-41(25)45(31)46(32)42(26)39)52-50-36-20-12-28-8-4-24-3-7-27-11-19-35(49(50)51(33)53-52)47-43(27)40(24)44(28)48(36)47/h1-12,15-16,19-22,51-52H,13-14,17-18H2. The zero-order valence-electron chi connectivity index (χ0n) is 28.8. The van der Waals surface area contributed by atoms with Crippen molar-refractivity contribution in [2.24, 2.45) is 0 Å². The first-order chi connectivity index (χ1) is 26.3. The lowest BCUT2D eigenvalue weighted by molar-refractivity contribution is 0.0778. The van der Waals surface area contributed by atoms with Gasteiger partial charge in [0.05, 0.1) is 0 Å². The Morgan fingerprint density at radius 3 is 0.981 bits per heavy atom. The van der Waals surface area contributed by atoms with Gasteiger partial charge in [0, 0.05) is 0 Å². The SMILES string of the molecule is c1cc2ccc3c4c(c5ccc6ccc1c1c2c3c5c61)C1OC4C2=C1CCc1cc3c(cc1CC2)c1ccc2ccc4ccc5ccc3c3c5c4c2c13. The van der Waals surface area contributed by atoms with Crippen molar-refractivity contribution >= 4 is 118 Å². The van der Waals surface area contributed by atoms with Gasteiger partial charge in [0.1, 0.15) is 12.2 Å². The first kappa shape index (κ1) is 25.9. The summed E-state index contributed by atoms with van der Waals surface area (Å²) >= 11 is 0. The van der Waals surface area contributed by atoms with Crippen molar-refractivity contribution in [1.82, 2.24) is 0 Å². The molecule has 0 aromatic heterocycles. The molecule has 0 N–H and O–H groups in total. The van der Waals surface area contributed by atoms with E-state index in [1.54, 1.807) is 11.1 Å². The summed E-state index contributed by atoms with van der Waals surface area (Å²) in [5.41, 5.74) is 9.10. The second-order valence-electron chi connectivity index (χ2n) is 16.7. The van der Waals surface area contributed by atoms with Gasteiger partial charge < -0.3 is 4.74 Å². The maximum absolute atomic E-state index is 7.18. The minimum Gasteiger partial charge on any atom is -0.357 e. The molecule has 0 fully saturated rings. The van der Waals surface area contributed by atoms with Crippen LogP contribution >= 0.6 is 0 Å². The van der Waals surface area contributed by atoms with Crippen molar-refractivity contribution in [3.05, 3.63) is 143 Å². The lowest BCUT2D eigenvalue weighted by atomic mass is 9.75. The Kier molecular flexibility index (Phi) is 3.97. The topological polar surface area (TPSA) is 9.23 Å². The van der Waals surface area contributed by atoms with E-state index in [2.05, 4.69) is 109 Å². The van der Waals surface area contributed by atoms with E-state index in [1.807, 2.05) is 0 Å². The predicted octanol–water partition coefficient (Wildman–Crippen LogP) is 14.0. The van der Waals surface area contributed by atoms with Crippen LogP contribution in [0.2, 0.25) is 0 Å². The van der Waals surface area contributed by atoms with E-state index in [1.165, 1.54) is 141 Å². The van der Waals surface area contributed by atoms with Gasteiger partial charge in [-0.1, -0.05) is 109 Å². The van der Waals surface area contributed by atoms with Gasteiger partial charge in [0.25, 0.3) is 0 Å². The summed E-state index contributed by atoms with van der Waals surface area (Å²) in [5.74, 6) is 0. The van der Waals surface area contributed by atoms with Crippen molar-refractivity contribution in [1.29, 1.82) is 0 Å². The van der Waals surface area contributed by atoms with Gasteiger partial charge in [-0.25, -0.2) is 0 Å². The molecule has 53 heavy (non-hydrogen) atoms. The van der Waals surface area contributed by atoms with Crippen LogP contribution in [-0.4, -0.2) is 0 Å². The summed E-state index contributed by atoms with van der Waals surface area (Å²) in [6, 6.07) is 42.9. The summed E-state index contributed by atoms with van der Waals surface area (Å²) in [6.07, 6.45) is 4.36. The first-order valence-corrected chi connectivity index (χ1v) is 19.5. The molecule has 2 heterocycles. The van der Waals surface area contributed by atoms with Crippen molar-refractivity contribution in [3.63, 3.8) is 0 Å². The zero-order valence-corrected chi connectivity index (χ0v) is 28.8. The molecule has 13 aromatic rings. The van der Waals surface area contributed by atoms with Crippen molar-refractivity contribution in [2.45, 2.75) is 37.9 Å². The molecule has 0 spiro atoms. The van der Waals surface area contributed by atoms with E-state index in [9.17, 15) is 0 Å². The van der Waals surface area contributed by atoms with Gasteiger partial charge in [0.2, 0.25) is 0 Å². The minimum atomic E-state index is 0.0565. The smallest absolute Gasteiger partial charge is 0.106 e. The monoisotopic (exact) mass is 668 g/mol. The van der Waals surface area contributed by atoms with Crippen LogP contribution in [0.3, 0.4) is 0 Å². The maximum Gasteiger partial charge on any atom is 0.106 e. The normalized spacial score (nSPS) is 19.2. The van der Waals surface area contributed by atoms with E-state index >= 15 is 0 Å². The summed E-state index contributed by atoms with van der Waals surface area (Å²) in [6.45, 7) is 0. The first-order valence-electron chi connectivity index (χ1n) is 19.5. The van der Waals surface area contributed by atoms with Crippen LogP contribution in [0.25, 0.3) is 118 Å². The highest BCUT2D eigenvalue weighted by molar-refractivity contribution is 6.48. The molecule has 1 aliphatic carbocycles. The molecule has 16 rings (SSSR count). The van der Waals surface area contributed by atoms with E-state index in [0.717, 1.165) is 25.7 Å². The number of rotatable bonds is 0. The third-order valence-electron chi connectivity index (χ3n) is 14.8. The number of hydrogen-bond acceptors (Lipinski definition) is 1. The van der Waals surface area contributed by atoms with Gasteiger partial charge in [-0.15, -0.1) is 0 Å². The average molecular weight is 669 g/mol. The van der Waals surface area contributed by atoms with E-state index < -0.39 is 0 Å². The zero-order chi connectivity index (χ0) is 33.6. The fourth-order valence-corrected chi connectivity index (χ4v) is 12.7. The Bertz CT molecular complexity index is 3580.